The third kappa shape index (κ3) is 2.25. The minimum atomic E-state index is 0. The number of nitrogens with zero attached hydrogens (tertiary/aromatic N) is 2. The first-order valence-electron chi connectivity index (χ1n) is 9.20. The van der Waals surface area contributed by atoms with Crippen molar-refractivity contribution in [2.75, 3.05) is 0 Å². The fourth-order valence-electron chi connectivity index (χ4n) is 4.63. The van der Waals surface area contributed by atoms with Gasteiger partial charge in [0.15, 0.2) is 11.0 Å². The van der Waals surface area contributed by atoms with Gasteiger partial charge in [0.2, 0.25) is 6.33 Å². The first-order chi connectivity index (χ1) is 11.6. The highest BCUT2D eigenvalue weighted by atomic mass is 127. The Hall–Kier alpha value is -1.36. The maximum absolute atomic E-state index is 2.44. The first-order valence-corrected chi connectivity index (χ1v) is 9.20. The van der Waals surface area contributed by atoms with E-state index in [2.05, 4.69) is 107 Å². The zero-order valence-corrected chi connectivity index (χ0v) is 19.3. The summed E-state index contributed by atoms with van der Waals surface area (Å²) in [6, 6.07) is 15.5. The third-order valence-electron chi connectivity index (χ3n) is 7.55. The third-order valence-corrected chi connectivity index (χ3v) is 7.55. The van der Waals surface area contributed by atoms with Gasteiger partial charge in [-0.25, -0.2) is 4.57 Å². The molecule has 0 N–H and O–H groups in total. The molecular formula is C23H30IN2+. The van der Waals surface area contributed by atoms with Crippen LogP contribution in [-0.2, 0) is 17.9 Å². The fourth-order valence-corrected chi connectivity index (χ4v) is 4.63. The molecule has 0 unspecified atom stereocenters. The molecule has 0 saturated heterocycles. The number of aryl methyl sites for hydroxylation is 1. The van der Waals surface area contributed by atoms with Crippen LogP contribution in [0.2, 0.25) is 0 Å². The van der Waals surface area contributed by atoms with Crippen LogP contribution < -0.4 is 4.57 Å². The van der Waals surface area contributed by atoms with Gasteiger partial charge >= 0.3 is 0 Å². The molecule has 1 aliphatic rings. The molecule has 2 aromatic carbocycles. The summed E-state index contributed by atoms with van der Waals surface area (Å²) >= 11 is 0. The Morgan fingerprint density at radius 1 is 0.808 bits per heavy atom. The number of aromatic nitrogens is 2. The number of fused-ring (bicyclic) bond motifs is 2. The predicted molar refractivity (Wildman–Crippen MR) is 120 cm³/mol. The molecule has 1 aromatic heterocycles. The highest BCUT2D eigenvalue weighted by Gasteiger charge is 2.57. The van der Waals surface area contributed by atoms with E-state index in [0.717, 1.165) is 0 Å². The molecule has 0 fully saturated rings. The Labute approximate surface area is 174 Å². The molecule has 2 nitrogen and oxygen atoms in total. The highest BCUT2D eigenvalue weighted by molar-refractivity contribution is 14.0. The Morgan fingerprint density at radius 2 is 1.35 bits per heavy atom. The van der Waals surface area contributed by atoms with Crippen molar-refractivity contribution in [2.45, 2.75) is 52.4 Å². The van der Waals surface area contributed by atoms with Gasteiger partial charge in [0.05, 0.1) is 7.05 Å². The van der Waals surface area contributed by atoms with E-state index < -0.39 is 0 Å². The number of imidazole rings is 1. The van der Waals surface area contributed by atoms with Gasteiger partial charge in [-0.3, -0.25) is 0 Å². The molecule has 0 saturated carbocycles. The van der Waals surface area contributed by atoms with Gasteiger partial charge in [0, 0.05) is 0 Å². The lowest BCUT2D eigenvalue weighted by molar-refractivity contribution is -0.645. The summed E-state index contributed by atoms with van der Waals surface area (Å²) in [5.74, 6) is 0. The van der Waals surface area contributed by atoms with Crippen LogP contribution in [0.1, 0.15) is 52.7 Å². The van der Waals surface area contributed by atoms with Gasteiger partial charge in [-0.2, -0.15) is 4.57 Å². The van der Waals surface area contributed by atoms with Crippen molar-refractivity contribution in [3.8, 4) is 5.69 Å². The number of benzene rings is 2. The SMILES string of the molecule is C[n+]1cn(-c2ccccc2)c2cc3c(cc21)C(C)(C)C(C)(C)C3(C)C.I. The van der Waals surface area contributed by atoms with E-state index in [1.54, 1.807) is 0 Å². The molecule has 1 aliphatic carbocycles. The van der Waals surface area contributed by atoms with Crippen LogP contribution in [0.3, 0.4) is 0 Å². The summed E-state index contributed by atoms with van der Waals surface area (Å²) in [6.45, 7) is 14.5. The van der Waals surface area contributed by atoms with Gasteiger partial charge in [0.1, 0.15) is 5.69 Å². The smallest absolute Gasteiger partial charge is 0.232 e. The lowest BCUT2D eigenvalue weighted by atomic mass is 9.59. The Balaban J connectivity index is 0.00000196. The summed E-state index contributed by atoms with van der Waals surface area (Å²) in [7, 11) is 2.15. The summed E-state index contributed by atoms with van der Waals surface area (Å²) < 4.78 is 4.56. The zero-order valence-electron chi connectivity index (χ0n) is 16.9. The van der Waals surface area contributed by atoms with Crippen LogP contribution >= 0.6 is 24.0 Å². The molecule has 1 heterocycles. The summed E-state index contributed by atoms with van der Waals surface area (Å²) in [5, 5.41) is 0. The van der Waals surface area contributed by atoms with E-state index >= 15 is 0 Å². The van der Waals surface area contributed by atoms with Gasteiger partial charge in [-0.05, 0) is 51.6 Å². The molecular weight excluding hydrogens is 431 g/mol. The largest absolute Gasteiger partial charge is 0.249 e. The van der Waals surface area contributed by atoms with E-state index in [1.165, 1.54) is 27.8 Å². The molecule has 0 amide bonds. The van der Waals surface area contributed by atoms with Gasteiger partial charge in [0.25, 0.3) is 0 Å². The van der Waals surface area contributed by atoms with Crippen LogP contribution in [0.5, 0.6) is 0 Å². The Bertz CT molecular complexity index is 978. The fraction of sp³-hybridized carbons (Fsp3) is 0.435. The second-order valence-electron chi connectivity index (χ2n) is 9.19. The van der Waals surface area contributed by atoms with Crippen molar-refractivity contribution < 1.29 is 4.57 Å². The standard InChI is InChI=1S/C23H29N2.HI/c1-21(2)17-13-19-20(14-18(17)22(3,4)23(21,5)6)25(15-24(19)7)16-11-9-8-10-12-16;/h8-15H,1-7H3;1H/q+1;. The summed E-state index contributed by atoms with van der Waals surface area (Å²) in [5.41, 5.74) is 7.24. The Morgan fingerprint density at radius 3 is 1.92 bits per heavy atom. The normalized spacial score (nSPS) is 19.2. The number of hydrogen-bond donors (Lipinski definition) is 0. The van der Waals surface area contributed by atoms with Crippen molar-refractivity contribution in [3.63, 3.8) is 0 Å². The van der Waals surface area contributed by atoms with Crippen LogP contribution in [0, 0.1) is 5.41 Å². The lowest BCUT2D eigenvalue weighted by Crippen LogP contribution is -2.42. The van der Waals surface area contributed by atoms with Gasteiger partial charge in [-0.1, -0.05) is 59.7 Å². The second-order valence-corrected chi connectivity index (χ2v) is 9.19. The Kier molecular flexibility index (Phi) is 4.34. The number of para-hydroxylation sites is 1. The number of halogens is 1. The molecule has 0 spiro atoms. The minimum Gasteiger partial charge on any atom is -0.232 e. The molecule has 3 aromatic rings. The highest BCUT2D eigenvalue weighted by Crippen LogP contribution is 2.61. The minimum absolute atomic E-state index is 0. The van der Waals surface area contributed by atoms with E-state index in [1.807, 2.05) is 0 Å². The average Bonchev–Trinajstić information content (AvgIpc) is 2.94. The molecule has 138 valence electrons. The van der Waals surface area contributed by atoms with Crippen molar-refractivity contribution in [2.24, 2.45) is 12.5 Å². The van der Waals surface area contributed by atoms with Crippen molar-refractivity contribution >= 4 is 35.0 Å². The predicted octanol–water partition coefficient (Wildman–Crippen LogP) is 5.67. The van der Waals surface area contributed by atoms with Crippen LogP contribution in [0.15, 0.2) is 48.8 Å². The van der Waals surface area contributed by atoms with E-state index in [9.17, 15) is 0 Å². The molecule has 3 heteroatoms. The zero-order chi connectivity index (χ0) is 18.2. The molecule has 0 aliphatic heterocycles. The number of rotatable bonds is 1. The van der Waals surface area contributed by atoms with Crippen molar-refractivity contribution in [1.82, 2.24) is 4.57 Å². The van der Waals surface area contributed by atoms with Gasteiger partial charge < -0.3 is 0 Å². The van der Waals surface area contributed by atoms with Crippen LogP contribution in [0.4, 0.5) is 0 Å². The first kappa shape index (κ1) is 19.4. The molecule has 0 radical (unpaired) electrons. The van der Waals surface area contributed by atoms with Gasteiger partial charge in [-0.15, -0.1) is 24.0 Å². The average molecular weight is 461 g/mol. The molecule has 4 rings (SSSR count). The van der Waals surface area contributed by atoms with Crippen molar-refractivity contribution in [3.05, 3.63) is 59.9 Å². The van der Waals surface area contributed by atoms with E-state index in [4.69, 9.17) is 0 Å². The van der Waals surface area contributed by atoms with Crippen LogP contribution in [-0.4, -0.2) is 4.57 Å². The maximum Gasteiger partial charge on any atom is 0.249 e. The number of hydrogen-bond acceptors (Lipinski definition) is 0. The van der Waals surface area contributed by atoms with Crippen LogP contribution in [0.25, 0.3) is 16.7 Å². The molecule has 0 atom stereocenters. The topological polar surface area (TPSA) is 8.81 Å². The van der Waals surface area contributed by atoms with E-state index in [0.29, 0.717) is 0 Å². The second kappa shape index (κ2) is 5.82. The molecule has 26 heavy (non-hydrogen) atoms. The van der Waals surface area contributed by atoms with Crippen molar-refractivity contribution in [1.29, 1.82) is 0 Å². The summed E-state index contributed by atoms with van der Waals surface area (Å²) in [4.78, 5) is 0. The van der Waals surface area contributed by atoms with E-state index in [-0.39, 0.29) is 40.2 Å². The lowest BCUT2D eigenvalue weighted by Gasteiger charge is -2.44. The molecule has 0 bridgehead atoms. The monoisotopic (exact) mass is 461 g/mol. The summed E-state index contributed by atoms with van der Waals surface area (Å²) in [6.07, 6.45) is 2.19. The quantitative estimate of drug-likeness (QED) is 0.326. The maximum atomic E-state index is 2.44.